The molecule has 0 fully saturated rings. The fraction of sp³-hybridized carbons (Fsp3) is 0.208. The molecule has 174 valence electrons. The number of fused-ring (bicyclic) bond motifs is 2. The summed E-state index contributed by atoms with van der Waals surface area (Å²) in [7, 11) is 0. The van der Waals surface area contributed by atoms with Crippen LogP contribution in [0.2, 0.25) is 0 Å². The monoisotopic (exact) mass is 472 g/mol. The van der Waals surface area contributed by atoms with Crippen LogP contribution < -0.4 is 0 Å². The number of hydrogen-bond acceptors (Lipinski definition) is 3. The van der Waals surface area contributed by atoms with Crippen LogP contribution in [0.5, 0.6) is 0 Å². The molecule has 2 aromatic carbocycles. The molecule has 0 radical (unpaired) electrons. The van der Waals surface area contributed by atoms with Crippen molar-refractivity contribution in [1.82, 2.24) is 19.7 Å². The average molecular weight is 472 g/mol. The van der Waals surface area contributed by atoms with E-state index in [1.807, 2.05) is 6.07 Å². The number of aromatic nitrogens is 3. The van der Waals surface area contributed by atoms with E-state index in [1.54, 1.807) is 37.4 Å². The normalized spacial score (nSPS) is 15.7. The van der Waals surface area contributed by atoms with E-state index >= 15 is 0 Å². The molecule has 0 spiro atoms. The molecule has 0 aliphatic carbocycles. The molecule has 5 nitrogen and oxygen atoms in total. The Kier molecular flexibility index (Phi) is 5.30. The minimum Gasteiger partial charge on any atom is -0.330 e. The Labute approximate surface area is 190 Å². The van der Waals surface area contributed by atoms with Crippen molar-refractivity contribution in [3.63, 3.8) is 0 Å². The smallest absolute Gasteiger partial charge is 0.330 e. The molecule has 4 aromatic rings. The van der Waals surface area contributed by atoms with Gasteiger partial charge in [-0.05, 0) is 49.7 Å². The van der Waals surface area contributed by atoms with Crippen molar-refractivity contribution < 1.29 is 26.7 Å². The molecule has 10 heteroatoms. The lowest BCUT2D eigenvalue weighted by Crippen LogP contribution is -2.38. The Morgan fingerprint density at radius 1 is 1.09 bits per heavy atom. The molecule has 0 N–H and O–H groups in total. The molecule has 2 aromatic heterocycles. The van der Waals surface area contributed by atoms with Gasteiger partial charge in [0.2, 0.25) is 0 Å². The van der Waals surface area contributed by atoms with Crippen LogP contribution in [0.1, 0.15) is 41.1 Å². The van der Waals surface area contributed by atoms with Crippen molar-refractivity contribution >= 4 is 16.8 Å². The maximum absolute atomic E-state index is 13.9. The third-order valence-corrected chi connectivity index (χ3v) is 6.06. The third kappa shape index (κ3) is 3.49. The number of benzene rings is 2. The number of carbonyl (C=O) groups is 1. The fourth-order valence-electron chi connectivity index (χ4n) is 4.43. The van der Waals surface area contributed by atoms with Crippen LogP contribution in [0.3, 0.4) is 0 Å². The Morgan fingerprint density at radius 3 is 2.53 bits per heavy atom. The number of carbonyl (C=O) groups excluding carboxylic acids is 1. The predicted octanol–water partition coefficient (Wildman–Crippen LogP) is 5.67. The lowest BCUT2D eigenvalue weighted by atomic mass is 9.94. The van der Waals surface area contributed by atoms with Gasteiger partial charge in [0.05, 0.1) is 22.9 Å². The molecule has 1 aliphatic rings. The van der Waals surface area contributed by atoms with E-state index in [-0.39, 0.29) is 35.8 Å². The van der Waals surface area contributed by atoms with Crippen molar-refractivity contribution in [1.29, 1.82) is 0 Å². The first-order chi connectivity index (χ1) is 16.3. The number of hydrogen-bond donors (Lipinski definition) is 0. The topological polar surface area (TPSA) is 51.0 Å². The maximum Gasteiger partial charge on any atom is 0.333 e. The first-order valence-electron chi connectivity index (χ1n) is 10.5. The standard InChI is InChI=1S/C24H17F5N4O/c1-12-21-16(22(33(31-21)24(28)29)15-10-17(25)20(27)18(26)11-15)6-8-32(12)23(34)14-4-5-19-13(9-14)3-2-7-30-19/h2-5,7,9-12,24H,6,8H2,1H3/t12-/m0/s1. The predicted molar refractivity (Wildman–Crippen MR) is 114 cm³/mol. The summed E-state index contributed by atoms with van der Waals surface area (Å²) in [6.07, 6.45) is 1.77. The SMILES string of the molecule is C[C@H]1c2nn(C(F)F)c(-c3cc(F)c(F)c(F)c3)c2CCN1C(=O)c1ccc2ncccc2c1. The van der Waals surface area contributed by atoms with E-state index in [1.165, 1.54) is 4.90 Å². The van der Waals surface area contributed by atoms with Gasteiger partial charge in [0, 0.05) is 34.8 Å². The van der Waals surface area contributed by atoms with Crippen molar-refractivity contribution in [2.45, 2.75) is 25.9 Å². The Morgan fingerprint density at radius 2 is 1.82 bits per heavy atom. The minimum absolute atomic E-state index is 0.128. The second kappa shape index (κ2) is 8.19. The number of pyridine rings is 1. The molecule has 1 atom stereocenters. The number of halogens is 5. The zero-order chi connectivity index (χ0) is 24.1. The summed E-state index contributed by atoms with van der Waals surface area (Å²) in [5.74, 6) is -4.97. The van der Waals surface area contributed by atoms with Crippen molar-refractivity contribution in [2.24, 2.45) is 0 Å². The van der Waals surface area contributed by atoms with Gasteiger partial charge in [-0.2, -0.15) is 13.9 Å². The molecular weight excluding hydrogens is 455 g/mol. The van der Waals surface area contributed by atoms with E-state index in [0.29, 0.717) is 27.9 Å². The summed E-state index contributed by atoms with van der Waals surface area (Å²) in [4.78, 5) is 19.0. The molecule has 1 aliphatic heterocycles. The molecular formula is C24H17F5N4O. The second-order valence-corrected chi connectivity index (χ2v) is 8.02. The molecule has 0 saturated carbocycles. The molecule has 34 heavy (non-hydrogen) atoms. The summed E-state index contributed by atoms with van der Waals surface area (Å²) in [5, 5.41) is 4.77. The maximum atomic E-state index is 13.9. The molecule has 0 unspecified atom stereocenters. The molecule has 5 rings (SSSR count). The van der Waals surface area contributed by atoms with Gasteiger partial charge in [-0.25, -0.2) is 17.9 Å². The third-order valence-electron chi connectivity index (χ3n) is 6.06. The lowest BCUT2D eigenvalue weighted by Gasteiger charge is -2.33. The van der Waals surface area contributed by atoms with E-state index in [9.17, 15) is 26.7 Å². The highest BCUT2D eigenvalue weighted by molar-refractivity contribution is 5.98. The number of alkyl halides is 2. The Hall–Kier alpha value is -3.82. The van der Waals surface area contributed by atoms with Crippen LogP contribution in [0.25, 0.3) is 22.2 Å². The van der Waals surface area contributed by atoms with Gasteiger partial charge in [0.25, 0.3) is 5.91 Å². The highest BCUT2D eigenvalue weighted by Crippen LogP contribution is 2.39. The molecule has 3 heterocycles. The van der Waals surface area contributed by atoms with E-state index in [4.69, 9.17) is 0 Å². The van der Waals surface area contributed by atoms with Gasteiger partial charge in [-0.3, -0.25) is 9.78 Å². The molecule has 0 bridgehead atoms. The Balaban J connectivity index is 1.55. The van der Waals surface area contributed by atoms with Gasteiger partial charge in [0.15, 0.2) is 17.5 Å². The van der Waals surface area contributed by atoms with E-state index < -0.39 is 30.0 Å². The average Bonchev–Trinajstić information content (AvgIpc) is 3.23. The van der Waals surface area contributed by atoms with Crippen LogP contribution in [-0.4, -0.2) is 32.1 Å². The van der Waals surface area contributed by atoms with Gasteiger partial charge in [-0.15, -0.1) is 0 Å². The summed E-state index contributed by atoms with van der Waals surface area (Å²) in [6, 6.07) is 9.31. The van der Waals surface area contributed by atoms with Crippen LogP contribution in [-0.2, 0) is 6.42 Å². The number of amides is 1. The quantitative estimate of drug-likeness (QED) is 0.285. The van der Waals surface area contributed by atoms with Crippen LogP contribution in [0.4, 0.5) is 22.0 Å². The van der Waals surface area contributed by atoms with Crippen LogP contribution in [0, 0.1) is 17.5 Å². The summed E-state index contributed by atoms with van der Waals surface area (Å²) in [6.45, 7) is -1.29. The zero-order valence-corrected chi connectivity index (χ0v) is 17.8. The molecule has 1 amide bonds. The van der Waals surface area contributed by atoms with Crippen LogP contribution >= 0.6 is 0 Å². The number of rotatable bonds is 3. The first-order valence-corrected chi connectivity index (χ1v) is 10.5. The highest BCUT2D eigenvalue weighted by Gasteiger charge is 2.35. The minimum atomic E-state index is -3.11. The zero-order valence-electron chi connectivity index (χ0n) is 17.8. The van der Waals surface area contributed by atoms with Gasteiger partial charge < -0.3 is 4.90 Å². The van der Waals surface area contributed by atoms with Crippen molar-refractivity contribution in [3.05, 3.63) is 82.9 Å². The van der Waals surface area contributed by atoms with Gasteiger partial charge in [-0.1, -0.05) is 6.07 Å². The Bertz CT molecular complexity index is 1410. The highest BCUT2D eigenvalue weighted by atomic mass is 19.3. The first kappa shape index (κ1) is 22.0. The summed E-state index contributed by atoms with van der Waals surface area (Å²) >= 11 is 0. The summed E-state index contributed by atoms with van der Waals surface area (Å²) < 4.78 is 69.2. The van der Waals surface area contributed by atoms with Crippen LogP contribution in [0.15, 0.2) is 48.7 Å². The van der Waals surface area contributed by atoms with E-state index in [2.05, 4.69) is 10.1 Å². The second-order valence-electron chi connectivity index (χ2n) is 8.02. The van der Waals surface area contributed by atoms with Crippen molar-refractivity contribution in [3.8, 4) is 11.3 Å². The van der Waals surface area contributed by atoms with Gasteiger partial charge >= 0.3 is 6.55 Å². The lowest BCUT2D eigenvalue weighted by molar-refractivity contribution is 0.0567. The summed E-state index contributed by atoms with van der Waals surface area (Å²) in [5.41, 5.74) is 1.23. The van der Waals surface area contributed by atoms with Gasteiger partial charge in [0.1, 0.15) is 0 Å². The largest absolute Gasteiger partial charge is 0.333 e. The van der Waals surface area contributed by atoms with Crippen molar-refractivity contribution in [2.75, 3.05) is 6.54 Å². The fourth-order valence-corrected chi connectivity index (χ4v) is 4.43. The van der Waals surface area contributed by atoms with E-state index in [0.717, 1.165) is 10.9 Å². The number of nitrogens with zero attached hydrogens (tertiary/aromatic N) is 4. The molecule has 0 saturated heterocycles.